The summed E-state index contributed by atoms with van der Waals surface area (Å²) in [6.07, 6.45) is 9.47. The molecule has 2 rings (SSSR count). The Morgan fingerprint density at radius 2 is 1.96 bits per heavy atom. The molecule has 1 aromatic carbocycles. The van der Waals surface area contributed by atoms with Crippen LogP contribution in [0.3, 0.4) is 0 Å². The summed E-state index contributed by atoms with van der Waals surface area (Å²) >= 11 is 0. The Hall–Kier alpha value is -1.97. The molecule has 0 saturated heterocycles. The van der Waals surface area contributed by atoms with Crippen LogP contribution < -0.4 is 9.47 Å². The second-order valence-electron chi connectivity index (χ2n) is 7.19. The van der Waals surface area contributed by atoms with Crippen LogP contribution in [0, 0.1) is 5.92 Å². The van der Waals surface area contributed by atoms with Crippen LogP contribution in [0.1, 0.15) is 51.5 Å². The van der Waals surface area contributed by atoms with Crippen LogP contribution in [0.5, 0.6) is 11.5 Å². The number of ether oxygens (including phenoxy) is 2. The number of amides is 1. The Bertz CT molecular complexity index is 589. The summed E-state index contributed by atoms with van der Waals surface area (Å²) in [6.45, 7) is 4.87. The molecule has 0 radical (unpaired) electrons. The van der Waals surface area contributed by atoms with Crippen LogP contribution in [0.25, 0.3) is 6.08 Å². The van der Waals surface area contributed by atoms with Gasteiger partial charge in [0.05, 0.1) is 13.7 Å². The number of nitrogens with zero attached hydrogens (tertiary/aromatic N) is 1. The lowest BCUT2D eigenvalue weighted by Gasteiger charge is -2.30. The molecular formula is C21H31NO3. The third-order valence-electron chi connectivity index (χ3n) is 4.65. The second kappa shape index (κ2) is 9.50. The van der Waals surface area contributed by atoms with Gasteiger partial charge in [-0.05, 0) is 42.5 Å². The van der Waals surface area contributed by atoms with E-state index < -0.39 is 0 Å². The molecule has 0 N–H and O–H groups in total. The number of carbonyl (C=O) groups is 1. The summed E-state index contributed by atoms with van der Waals surface area (Å²) in [5, 5.41) is 0. The third-order valence-corrected chi connectivity index (χ3v) is 4.65. The number of hydrogen-bond donors (Lipinski definition) is 0. The molecule has 0 spiro atoms. The zero-order valence-corrected chi connectivity index (χ0v) is 16.0. The van der Waals surface area contributed by atoms with Crippen molar-refractivity contribution in [2.24, 2.45) is 5.92 Å². The lowest BCUT2D eigenvalue weighted by molar-refractivity contribution is -0.127. The van der Waals surface area contributed by atoms with Gasteiger partial charge in [0, 0.05) is 19.2 Å². The molecule has 1 saturated carbocycles. The van der Waals surface area contributed by atoms with Crippen molar-refractivity contribution in [3.05, 3.63) is 29.8 Å². The van der Waals surface area contributed by atoms with Gasteiger partial charge >= 0.3 is 0 Å². The van der Waals surface area contributed by atoms with E-state index in [1.807, 2.05) is 36.2 Å². The highest BCUT2D eigenvalue weighted by Crippen LogP contribution is 2.29. The Morgan fingerprint density at radius 1 is 1.24 bits per heavy atom. The first-order valence-electron chi connectivity index (χ1n) is 9.27. The first kappa shape index (κ1) is 19.4. The van der Waals surface area contributed by atoms with Crippen LogP contribution in [0.2, 0.25) is 0 Å². The Kier molecular flexibility index (Phi) is 7.35. The van der Waals surface area contributed by atoms with Crippen molar-refractivity contribution < 1.29 is 14.3 Å². The molecule has 0 unspecified atom stereocenters. The third kappa shape index (κ3) is 5.80. The van der Waals surface area contributed by atoms with Crippen LogP contribution in [0.15, 0.2) is 24.3 Å². The van der Waals surface area contributed by atoms with Crippen molar-refractivity contribution in [2.75, 3.05) is 20.8 Å². The van der Waals surface area contributed by atoms with E-state index in [1.54, 1.807) is 13.2 Å². The summed E-state index contributed by atoms with van der Waals surface area (Å²) < 4.78 is 11.2. The molecule has 0 heterocycles. The summed E-state index contributed by atoms with van der Waals surface area (Å²) in [6, 6.07) is 6.13. The normalized spacial score (nSPS) is 15.6. The van der Waals surface area contributed by atoms with Crippen molar-refractivity contribution in [2.45, 2.75) is 52.0 Å². The highest BCUT2D eigenvalue weighted by atomic mass is 16.5. The molecule has 1 aromatic rings. The molecule has 0 aliphatic heterocycles. The van der Waals surface area contributed by atoms with Crippen molar-refractivity contribution in [3.8, 4) is 11.5 Å². The van der Waals surface area contributed by atoms with Gasteiger partial charge in [-0.25, -0.2) is 0 Å². The zero-order chi connectivity index (χ0) is 18.2. The molecule has 0 bridgehead atoms. The SMILES string of the molecule is COc1cc(C=CC(=O)N(C)C2CCCCC2)ccc1OCC(C)C. The Labute approximate surface area is 151 Å². The number of rotatable bonds is 7. The molecule has 1 fully saturated rings. The molecule has 0 aromatic heterocycles. The highest BCUT2D eigenvalue weighted by molar-refractivity contribution is 5.91. The minimum atomic E-state index is 0.0611. The predicted molar refractivity (Wildman–Crippen MR) is 102 cm³/mol. The molecule has 0 atom stereocenters. The minimum absolute atomic E-state index is 0.0611. The van der Waals surface area contributed by atoms with E-state index in [1.165, 1.54) is 19.3 Å². The van der Waals surface area contributed by atoms with Crippen LogP contribution in [0.4, 0.5) is 0 Å². The zero-order valence-electron chi connectivity index (χ0n) is 16.0. The summed E-state index contributed by atoms with van der Waals surface area (Å²) in [4.78, 5) is 14.3. The van der Waals surface area contributed by atoms with Crippen molar-refractivity contribution in [1.82, 2.24) is 4.90 Å². The van der Waals surface area contributed by atoms with Crippen LogP contribution in [-0.4, -0.2) is 37.6 Å². The molecule has 25 heavy (non-hydrogen) atoms. The first-order chi connectivity index (χ1) is 12.0. The summed E-state index contributed by atoms with van der Waals surface area (Å²) in [5.74, 6) is 1.94. The average molecular weight is 345 g/mol. The standard InChI is InChI=1S/C21H31NO3/c1-16(2)15-25-19-12-10-17(14-20(19)24-4)11-13-21(23)22(3)18-8-6-5-7-9-18/h10-14,16,18H,5-9,15H2,1-4H3. The topological polar surface area (TPSA) is 38.8 Å². The van der Waals surface area contributed by atoms with E-state index in [9.17, 15) is 4.79 Å². The maximum atomic E-state index is 12.4. The second-order valence-corrected chi connectivity index (χ2v) is 7.19. The molecule has 4 nitrogen and oxygen atoms in total. The van der Waals surface area contributed by atoms with Crippen molar-refractivity contribution in [3.63, 3.8) is 0 Å². The minimum Gasteiger partial charge on any atom is -0.493 e. The fourth-order valence-electron chi connectivity index (χ4n) is 3.10. The molecule has 4 heteroatoms. The number of benzene rings is 1. The smallest absolute Gasteiger partial charge is 0.246 e. The van der Waals surface area contributed by atoms with Gasteiger partial charge in [0.15, 0.2) is 11.5 Å². The van der Waals surface area contributed by atoms with Gasteiger partial charge in [0.2, 0.25) is 5.91 Å². The molecule has 1 aliphatic rings. The molecular weight excluding hydrogens is 314 g/mol. The largest absolute Gasteiger partial charge is 0.493 e. The average Bonchev–Trinajstić information content (AvgIpc) is 2.64. The molecule has 1 amide bonds. The van der Waals surface area contributed by atoms with Gasteiger partial charge in [-0.2, -0.15) is 0 Å². The first-order valence-corrected chi connectivity index (χ1v) is 9.27. The van der Waals surface area contributed by atoms with Gasteiger partial charge in [0.25, 0.3) is 0 Å². The van der Waals surface area contributed by atoms with Gasteiger partial charge in [-0.1, -0.05) is 39.2 Å². The van der Waals surface area contributed by atoms with E-state index in [0.717, 1.165) is 24.2 Å². The Morgan fingerprint density at radius 3 is 2.60 bits per heavy atom. The highest BCUT2D eigenvalue weighted by Gasteiger charge is 2.20. The molecule has 1 aliphatic carbocycles. The van der Waals surface area contributed by atoms with Crippen molar-refractivity contribution in [1.29, 1.82) is 0 Å². The number of hydrogen-bond acceptors (Lipinski definition) is 3. The van der Waals surface area contributed by atoms with E-state index in [0.29, 0.717) is 24.3 Å². The van der Waals surface area contributed by atoms with E-state index in [2.05, 4.69) is 13.8 Å². The lowest BCUT2D eigenvalue weighted by atomic mass is 9.94. The van der Waals surface area contributed by atoms with Gasteiger partial charge in [-0.3, -0.25) is 4.79 Å². The Balaban J connectivity index is 2.00. The quantitative estimate of drug-likeness (QED) is 0.681. The number of methoxy groups -OCH3 is 1. The lowest BCUT2D eigenvalue weighted by Crippen LogP contribution is -2.37. The van der Waals surface area contributed by atoms with Crippen molar-refractivity contribution >= 4 is 12.0 Å². The van der Waals surface area contributed by atoms with Gasteiger partial charge < -0.3 is 14.4 Å². The maximum Gasteiger partial charge on any atom is 0.246 e. The van der Waals surface area contributed by atoms with Gasteiger partial charge in [0.1, 0.15) is 0 Å². The fourth-order valence-corrected chi connectivity index (χ4v) is 3.10. The summed E-state index contributed by atoms with van der Waals surface area (Å²) in [5.41, 5.74) is 0.930. The molecule has 138 valence electrons. The number of carbonyl (C=O) groups excluding carboxylic acids is 1. The van der Waals surface area contributed by atoms with E-state index >= 15 is 0 Å². The summed E-state index contributed by atoms with van der Waals surface area (Å²) in [7, 11) is 3.54. The van der Waals surface area contributed by atoms with Crippen LogP contribution in [-0.2, 0) is 4.79 Å². The van der Waals surface area contributed by atoms with Crippen LogP contribution >= 0.6 is 0 Å². The monoisotopic (exact) mass is 345 g/mol. The van der Waals surface area contributed by atoms with Gasteiger partial charge in [-0.15, -0.1) is 0 Å². The van der Waals surface area contributed by atoms with E-state index in [4.69, 9.17) is 9.47 Å². The predicted octanol–water partition coefficient (Wildman–Crippen LogP) is 4.53. The number of likely N-dealkylation sites (N-methyl/N-ethyl adjacent to an activating group) is 1. The van der Waals surface area contributed by atoms with E-state index in [-0.39, 0.29) is 5.91 Å². The fraction of sp³-hybridized carbons (Fsp3) is 0.571. The maximum absolute atomic E-state index is 12.4.